The van der Waals surface area contributed by atoms with Gasteiger partial charge in [-0.1, -0.05) is 23.2 Å². The highest BCUT2D eigenvalue weighted by molar-refractivity contribution is 9.17. The molecule has 6 aromatic carbocycles. The van der Waals surface area contributed by atoms with Crippen molar-refractivity contribution in [1.82, 2.24) is 9.97 Å². The van der Waals surface area contributed by atoms with Crippen LogP contribution in [0.15, 0.2) is 108 Å². The molecule has 0 unspecified atom stereocenters. The molecule has 4 aliphatic rings. The van der Waals surface area contributed by atoms with Crippen LogP contribution < -0.4 is 9.80 Å². The topological polar surface area (TPSA) is 175 Å². The number of ketones is 2. The maximum atomic E-state index is 15.2. The largest absolute Gasteiger partial charge is 0.506 e. The van der Waals surface area contributed by atoms with Crippen LogP contribution in [0.2, 0.25) is 10.0 Å². The van der Waals surface area contributed by atoms with E-state index in [9.17, 15) is 19.8 Å². The summed E-state index contributed by atoms with van der Waals surface area (Å²) in [5.74, 6) is -5.01. The Labute approximate surface area is 610 Å². The van der Waals surface area contributed by atoms with Gasteiger partial charge >= 0.3 is 0 Å². The molecule has 2 aromatic heterocycles. The summed E-state index contributed by atoms with van der Waals surface area (Å²) in [6, 6.07) is 8.87. The third kappa shape index (κ3) is 9.03. The number of nitrogens with zero attached hydrogens (tertiary/aromatic N) is 4. The molecular weight excluding hydrogens is 2170 g/mol. The van der Waals surface area contributed by atoms with E-state index < -0.39 is 35.2 Å². The summed E-state index contributed by atoms with van der Waals surface area (Å²) in [5.41, 5.74) is 0.604. The normalized spacial score (nSPS) is 14.8. The summed E-state index contributed by atoms with van der Waals surface area (Å²) in [5, 5.41) is 23.8. The molecule has 2 N–H and O–H groups in total. The van der Waals surface area contributed by atoms with Gasteiger partial charge in [0.2, 0.25) is 11.6 Å². The molecule has 4 amide bonds. The minimum absolute atomic E-state index is 0.00385. The lowest BCUT2D eigenvalue weighted by Gasteiger charge is -2.25. The van der Waals surface area contributed by atoms with Gasteiger partial charge in [-0.05, 0) is 302 Å². The molecule has 0 fully saturated rings. The van der Waals surface area contributed by atoms with Gasteiger partial charge in [0.25, 0.3) is 23.6 Å². The molecule has 0 atom stereocenters. The first-order valence-electron chi connectivity index (χ1n) is 22.5. The van der Waals surface area contributed by atoms with Crippen molar-refractivity contribution < 1.29 is 39.0 Å². The lowest BCUT2D eigenvalue weighted by molar-refractivity contribution is 0.0910. The molecule has 4 heterocycles. The van der Waals surface area contributed by atoms with Crippen molar-refractivity contribution in [2.75, 3.05) is 9.80 Å². The number of amides is 4. The first-order chi connectivity index (χ1) is 39.1. The number of carbonyl (C=O) groups is 6. The monoisotopic (exact) mass is 2160 g/mol. The van der Waals surface area contributed by atoms with E-state index in [2.05, 4.69) is 255 Å². The fraction of sp³-hybridized carbons (Fsp3) is 0.0189. The number of allylic oxidation sites excluding steroid dienone is 2. The number of carbonyl (C=O) groups excluding carboxylic acids is 6. The molecule has 416 valence electrons. The van der Waals surface area contributed by atoms with Crippen molar-refractivity contribution in [3.05, 3.63) is 185 Å². The maximum absolute atomic E-state index is 15.2. The molecule has 0 radical (unpaired) electrons. The quantitative estimate of drug-likeness (QED) is 0.0926. The van der Waals surface area contributed by atoms with E-state index in [1.54, 1.807) is 0 Å². The number of pyridine rings is 2. The molecule has 0 saturated carbocycles. The van der Waals surface area contributed by atoms with Gasteiger partial charge in [0, 0.05) is 99.9 Å². The number of imide groups is 2. The van der Waals surface area contributed by atoms with Crippen LogP contribution in [0.1, 0.15) is 95.8 Å². The summed E-state index contributed by atoms with van der Waals surface area (Å²) >= 11 is 70.8. The van der Waals surface area contributed by atoms with Gasteiger partial charge in [0.05, 0.1) is 88.4 Å². The number of hydrogen-bond donors (Lipinski definition) is 2. The number of benzene rings is 6. The Morgan fingerprint density at radius 2 is 0.614 bits per heavy atom. The number of aliphatic hydroxyl groups is 2. The molecule has 0 bridgehead atoms. The Hall–Kier alpha value is -0.900. The highest BCUT2D eigenvalue weighted by atomic mass is 79.9. The maximum Gasteiger partial charge on any atom is 0.267 e. The molecule has 0 saturated heterocycles. The van der Waals surface area contributed by atoms with Gasteiger partial charge in [-0.15, -0.1) is 0 Å². The van der Waals surface area contributed by atoms with Crippen molar-refractivity contribution in [2.24, 2.45) is 0 Å². The molecule has 83 heavy (non-hydrogen) atoms. The fourth-order valence-corrected chi connectivity index (χ4v) is 20.7. The Morgan fingerprint density at radius 3 is 0.892 bits per heavy atom. The van der Waals surface area contributed by atoms with Crippen LogP contribution in [0.4, 0.5) is 11.4 Å². The third-order valence-corrected chi connectivity index (χ3v) is 33.5. The molecule has 12 nitrogen and oxygen atoms in total. The van der Waals surface area contributed by atoms with Crippen LogP contribution in [0.5, 0.6) is 0 Å². The van der Waals surface area contributed by atoms with E-state index in [0.717, 1.165) is 9.80 Å². The van der Waals surface area contributed by atoms with E-state index in [-0.39, 0.29) is 157 Å². The van der Waals surface area contributed by atoms with Crippen molar-refractivity contribution in [1.29, 1.82) is 0 Å². The highest BCUT2D eigenvalue weighted by Crippen LogP contribution is 2.55. The zero-order valence-electron chi connectivity index (χ0n) is 39.1. The van der Waals surface area contributed by atoms with Crippen LogP contribution in [-0.2, 0) is 6.42 Å². The molecule has 12 rings (SSSR count). The number of hydrogen-bond acceptors (Lipinski definition) is 10. The molecule has 2 aliphatic carbocycles. The summed E-state index contributed by atoms with van der Waals surface area (Å²) < 4.78 is 6.26. The Kier molecular flexibility index (Phi) is 16.9. The predicted molar refractivity (Wildman–Crippen MR) is 375 cm³/mol. The summed E-state index contributed by atoms with van der Waals surface area (Å²) in [4.78, 5) is 101. The Balaban J connectivity index is 1.11. The Bertz CT molecular complexity index is 4380. The van der Waals surface area contributed by atoms with E-state index in [1.807, 2.05) is 0 Å². The molecule has 8 aromatic rings. The molecular formula is C53H10Br16Cl2N4O8. The number of halogens is 18. The number of aromatic nitrogens is 2. The van der Waals surface area contributed by atoms with Gasteiger partial charge in [-0.2, -0.15) is 0 Å². The van der Waals surface area contributed by atoms with Gasteiger partial charge in [-0.25, -0.2) is 19.8 Å². The van der Waals surface area contributed by atoms with Crippen LogP contribution in [0, 0.1) is 0 Å². The highest BCUT2D eigenvalue weighted by Gasteiger charge is 2.47. The second kappa shape index (κ2) is 22.5. The second-order valence-electron chi connectivity index (χ2n) is 18.1. The average Bonchev–Trinajstić information content (AvgIpc) is 2.67. The lowest BCUT2D eigenvalue weighted by Crippen LogP contribution is -2.32. The number of anilines is 2. The van der Waals surface area contributed by atoms with E-state index in [0.29, 0.717) is 53.7 Å². The molecule has 30 heteroatoms. The average molecular weight is 2180 g/mol. The van der Waals surface area contributed by atoms with Crippen molar-refractivity contribution >= 4 is 369 Å². The number of aliphatic hydroxyl groups excluding tert-OH is 2. The van der Waals surface area contributed by atoms with Gasteiger partial charge in [0.15, 0.2) is 0 Å². The van der Waals surface area contributed by atoms with Gasteiger partial charge in [0.1, 0.15) is 11.5 Å². The molecule has 2 aliphatic heterocycles. The predicted octanol–water partition coefficient (Wildman–Crippen LogP) is 22.7. The summed E-state index contributed by atoms with van der Waals surface area (Å²) in [6.07, 6.45) is -0.331. The lowest BCUT2D eigenvalue weighted by atomic mass is 9.95. The molecule has 0 spiro atoms. The van der Waals surface area contributed by atoms with Crippen LogP contribution in [0.25, 0.3) is 44.5 Å². The smallest absolute Gasteiger partial charge is 0.267 e. The number of Topliss-reactive ketones (excluding diaryl/α,β-unsaturated/α-hetero) is 2. The summed E-state index contributed by atoms with van der Waals surface area (Å²) in [7, 11) is 0. The van der Waals surface area contributed by atoms with Gasteiger partial charge < -0.3 is 10.2 Å². The minimum atomic E-state index is -0.771. The zero-order chi connectivity index (χ0) is 60.1. The SMILES string of the molecule is O=C1C(c2ccc3c(N4C(=O)c5c(Br)c(Br)c(Br)c(Br)c5C4=O)c(Cc4cc(Cl)c5nc(C6=C(O)c7c(Br)c(Br)c(Br)c(Br)c7C6=O)ccc5c4N4C(=O)c5c(Br)c(Br)c(Br)c(Br)c5C4=O)cc(Cl)c3n2)=C(O)c2c(Br)c(Br)c(Br)c(Br)c21. The number of rotatable bonds is 6. The number of fused-ring (bicyclic) bond motifs is 6. The summed E-state index contributed by atoms with van der Waals surface area (Å²) in [6.45, 7) is 0. The van der Waals surface area contributed by atoms with E-state index in [4.69, 9.17) is 33.2 Å². The zero-order valence-corrected chi connectivity index (χ0v) is 66.0. The van der Waals surface area contributed by atoms with Crippen molar-refractivity contribution in [3.8, 4) is 0 Å². The van der Waals surface area contributed by atoms with E-state index >= 15 is 19.2 Å². The fourth-order valence-electron chi connectivity index (χ4n) is 10.3. The first kappa shape index (κ1) is 62.3. The van der Waals surface area contributed by atoms with Crippen LogP contribution in [-0.4, -0.2) is 55.4 Å². The minimum Gasteiger partial charge on any atom is -0.506 e. The van der Waals surface area contributed by atoms with E-state index in [1.165, 1.54) is 36.4 Å². The van der Waals surface area contributed by atoms with Crippen LogP contribution in [0.3, 0.4) is 0 Å². The standard InChI is InChI=1S/C53H10Br16Cl2N4O8/c54-26-18-19(27(55)35(63)34(26)62)47(77)16(46(18)76)14-3-1-10-42(72-14)12(70)6-8(44(10)74-50(80)22-23(51(74)81)31(59)39(67)38(66)30(22)58)5-9-7-13(71)43-11(45(9)75-52(82)24-25(53(75)83)33(61)41(69)40(68)32(24)60)2-4-15(73-43)17-48(78)20-21(49(17)79)29(57)37(65)36(64)28(20)56/h1-4,6-7,76,78H,5H2. The van der Waals surface area contributed by atoms with Crippen LogP contribution >= 0.6 is 278 Å². The third-order valence-electron chi connectivity index (χ3n) is 13.9. The van der Waals surface area contributed by atoms with Crippen molar-refractivity contribution in [3.63, 3.8) is 0 Å². The van der Waals surface area contributed by atoms with Gasteiger partial charge in [-0.3, -0.25) is 28.8 Å². The second-order valence-corrected chi connectivity index (χ2v) is 31.6. The van der Waals surface area contributed by atoms with Crippen molar-refractivity contribution in [2.45, 2.75) is 6.42 Å². The first-order valence-corrected chi connectivity index (χ1v) is 35.9. The Morgan fingerprint density at radius 1 is 0.361 bits per heavy atom.